The van der Waals surface area contributed by atoms with Crippen molar-refractivity contribution in [3.05, 3.63) is 28.3 Å². The summed E-state index contributed by atoms with van der Waals surface area (Å²) < 4.78 is 5.07. The van der Waals surface area contributed by atoms with Crippen LogP contribution in [0.3, 0.4) is 0 Å². The molecular formula is C13H19N3O4. The average molecular weight is 281 g/mol. The van der Waals surface area contributed by atoms with Crippen molar-refractivity contribution in [2.45, 2.75) is 26.3 Å². The van der Waals surface area contributed by atoms with E-state index in [9.17, 15) is 14.9 Å². The molecule has 0 unspecified atom stereocenters. The van der Waals surface area contributed by atoms with Gasteiger partial charge in [-0.15, -0.1) is 0 Å². The fraction of sp³-hybridized carbons (Fsp3) is 0.462. The summed E-state index contributed by atoms with van der Waals surface area (Å²) >= 11 is 0. The zero-order valence-electron chi connectivity index (χ0n) is 12.0. The lowest BCUT2D eigenvalue weighted by atomic mass is 10.1. The molecule has 0 aromatic heterocycles. The van der Waals surface area contributed by atoms with Gasteiger partial charge in [-0.1, -0.05) is 0 Å². The number of nitrogens with one attached hydrogen (secondary N) is 2. The highest BCUT2D eigenvalue weighted by atomic mass is 16.6. The highest BCUT2D eigenvalue weighted by Gasteiger charge is 2.15. The lowest BCUT2D eigenvalue weighted by Gasteiger charge is -2.20. The molecule has 0 atom stereocenters. The Kier molecular flexibility index (Phi) is 5.04. The number of benzene rings is 1. The molecule has 0 spiro atoms. The lowest BCUT2D eigenvalue weighted by molar-refractivity contribution is -0.384. The largest absolute Gasteiger partial charge is 0.495 e. The third-order valence-corrected chi connectivity index (χ3v) is 2.45. The number of ether oxygens (including phenoxy) is 1. The van der Waals surface area contributed by atoms with Crippen molar-refractivity contribution in [1.82, 2.24) is 5.32 Å². The van der Waals surface area contributed by atoms with Crippen LogP contribution < -0.4 is 15.4 Å². The predicted molar refractivity (Wildman–Crippen MR) is 76.0 cm³/mol. The van der Waals surface area contributed by atoms with E-state index in [0.717, 1.165) is 0 Å². The van der Waals surface area contributed by atoms with E-state index in [4.69, 9.17) is 4.74 Å². The monoisotopic (exact) mass is 281 g/mol. The van der Waals surface area contributed by atoms with Gasteiger partial charge in [0, 0.05) is 17.7 Å². The first-order chi connectivity index (χ1) is 9.23. The maximum Gasteiger partial charge on any atom is 0.271 e. The van der Waals surface area contributed by atoms with Crippen LogP contribution in [0.5, 0.6) is 5.75 Å². The maximum absolute atomic E-state index is 11.8. The molecule has 1 aromatic carbocycles. The van der Waals surface area contributed by atoms with E-state index in [1.807, 2.05) is 20.8 Å². The Labute approximate surface area is 117 Å². The molecule has 0 aliphatic rings. The average Bonchev–Trinajstić information content (AvgIpc) is 2.35. The molecule has 1 amide bonds. The Bertz CT molecular complexity index is 509. The molecule has 0 heterocycles. The summed E-state index contributed by atoms with van der Waals surface area (Å²) in [7, 11) is 1.43. The maximum atomic E-state index is 11.8. The number of hydrogen-bond acceptors (Lipinski definition) is 5. The van der Waals surface area contributed by atoms with Crippen molar-refractivity contribution in [3.63, 3.8) is 0 Å². The highest BCUT2D eigenvalue weighted by molar-refractivity contribution is 5.94. The molecule has 1 aromatic rings. The number of nitro benzene ring substituents is 1. The van der Waals surface area contributed by atoms with Crippen LogP contribution in [0.25, 0.3) is 0 Å². The van der Waals surface area contributed by atoms with E-state index < -0.39 is 4.92 Å². The topological polar surface area (TPSA) is 93.5 Å². The van der Waals surface area contributed by atoms with Gasteiger partial charge in [-0.25, -0.2) is 0 Å². The van der Waals surface area contributed by atoms with Gasteiger partial charge < -0.3 is 15.4 Å². The summed E-state index contributed by atoms with van der Waals surface area (Å²) in [5, 5.41) is 16.4. The molecule has 0 aliphatic carbocycles. The molecule has 0 bridgehead atoms. The predicted octanol–water partition coefficient (Wildman–Crippen LogP) is 1.93. The van der Waals surface area contributed by atoms with Gasteiger partial charge in [0.15, 0.2) is 0 Å². The van der Waals surface area contributed by atoms with E-state index in [0.29, 0.717) is 5.75 Å². The molecule has 1 rings (SSSR count). The Morgan fingerprint density at radius 1 is 1.40 bits per heavy atom. The van der Waals surface area contributed by atoms with Crippen LogP contribution >= 0.6 is 0 Å². The van der Waals surface area contributed by atoms with Crippen molar-refractivity contribution in [1.29, 1.82) is 0 Å². The van der Waals surface area contributed by atoms with Crippen LogP contribution in [-0.2, 0) is 4.79 Å². The summed E-state index contributed by atoms with van der Waals surface area (Å²) in [4.78, 5) is 22.0. The molecule has 0 radical (unpaired) electrons. The summed E-state index contributed by atoms with van der Waals surface area (Å²) in [6.45, 7) is 5.92. The number of nitro groups is 1. The first-order valence-corrected chi connectivity index (χ1v) is 6.10. The number of methoxy groups -OCH3 is 1. The summed E-state index contributed by atoms with van der Waals surface area (Å²) in [6.07, 6.45) is 0. The van der Waals surface area contributed by atoms with Gasteiger partial charge in [-0.3, -0.25) is 14.9 Å². The van der Waals surface area contributed by atoms with Crippen molar-refractivity contribution in [3.8, 4) is 5.75 Å². The second-order valence-electron chi connectivity index (χ2n) is 5.29. The number of rotatable bonds is 5. The van der Waals surface area contributed by atoms with E-state index in [2.05, 4.69) is 10.6 Å². The molecular weight excluding hydrogens is 262 g/mol. The minimum atomic E-state index is -0.525. The van der Waals surface area contributed by atoms with Crippen LogP contribution in [-0.4, -0.2) is 30.0 Å². The molecule has 7 heteroatoms. The Hall–Kier alpha value is -2.15. The summed E-state index contributed by atoms with van der Waals surface area (Å²) in [6, 6.07) is 4.04. The first kappa shape index (κ1) is 15.9. The van der Waals surface area contributed by atoms with Crippen LogP contribution in [0.2, 0.25) is 0 Å². The van der Waals surface area contributed by atoms with Crippen molar-refractivity contribution >= 4 is 17.3 Å². The number of carbonyl (C=O) groups is 1. The number of hydrogen-bond donors (Lipinski definition) is 2. The second kappa shape index (κ2) is 6.33. The van der Waals surface area contributed by atoms with Gasteiger partial charge in [0.1, 0.15) is 5.75 Å². The number of carbonyl (C=O) groups excluding carboxylic acids is 1. The fourth-order valence-corrected chi connectivity index (χ4v) is 1.45. The molecule has 20 heavy (non-hydrogen) atoms. The standard InChI is InChI=1S/C13H19N3O4/c1-13(2,3)14-8-12(17)15-10-7-9(16(18)19)5-6-11(10)20-4/h5-7,14H,8H2,1-4H3,(H,15,17). The molecule has 0 fully saturated rings. The summed E-state index contributed by atoms with van der Waals surface area (Å²) in [5.74, 6) is 0.0819. The Morgan fingerprint density at radius 3 is 2.55 bits per heavy atom. The SMILES string of the molecule is COc1ccc([N+](=O)[O-])cc1NC(=O)CNC(C)(C)C. The quantitative estimate of drug-likeness (QED) is 0.635. The van der Waals surface area contributed by atoms with Crippen molar-refractivity contribution < 1.29 is 14.5 Å². The first-order valence-electron chi connectivity index (χ1n) is 6.10. The second-order valence-corrected chi connectivity index (χ2v) is 5.29. The Balaban J connectivity index is 2.82. The fourth-order valence-electron chi connectivity index (χ4n) is 1.45. The van der Waals surface area contributed by atoms with Gasteiger partial charge in [-0.2, -0.15) is 0 Å². The van der Waals surface area contributed by atoms with Crippen molar-refractivity contribution in [2.24, 2.45) is 0 Å². The normalized spacial score (nSPS) is 11.0. The van der Waals surface area contributed by atoms with E-state index in [-0.39, 0.29) is 29.4 Å². The zero-order valence-corrected chi connectivity index (χ0v) is 12.0. The van der Waals surface area contributed by atoms with Gasteiger partial charge in [0.2, 0.25) is 5.91 Å². The van der Waals surface area contributed by atoms with Gasteiger partial charge in [0.25, 0.3) is 5.69 Å². The number of anilines is 1. The minimum Gasteiger partial charge on any atom is -0.495 e. The van der Waals surface area contributed by atoms with Crippen LogP contribution in [0.15, 0.2) is 18.2 Å². The lowest BCUT2D eigenvalue weighted by Crippen LogP contribution is -2.41. The molecule has 0 aliphatic heterocycles. The number of amides is 1. The smallest absolute Gasteiger partial charge is 0.271 e. The van der Waals surface area contributed by atoms with E-state index in [1.165, 1.54) is 25.3 Å². The van der Waals surface area contributed by atoms with Crippen LogP contribution in [0.1, 0.15) is 20.8 Å². The molecule has 7 nitrogen and oxygen atoms in total. The van der Waals surface area contributed by atoms with Crippen LogP contribution in [0.4, 0.5) is 11.4 Å². The minimum absolute atomic E-state index is 0.106. The number of nitrogens with zero attached hydrogens (tertiary/aromatic N) is 1. The zero-order chi connectivity index (χ0) is 15.3. The van der Waals surface area contributed by atoms with Crippen molar-refractivity contribution in [2.75, 3.05) is 19.0 Å². The van der Waals surface area contributed by atoms with E-state index in [1.54, 1.807) is 0 Å². The third-order valence-electron chi connectivity index (χ3n) is 2.45. The Morgan fingerprint density at radius 2 is 2.05 bits per heavy atom. The summed E-state index contributed by atoms with van der Waals surface area (Å²) in [5.41, 5.74) is -0.0169. The van der Waals surface area contributed by atoms with Gasteiger partial charge in [-0.05, 0) is 26.8 Å². The molecule has 2 N–H and O–H groups in total. The van der Waals surface area contributed by atoms with Crippen LogP contribution in [0, 0.1) is 10.1 Å². The third kappa shape index (κ3) is 4.85. The molecule has 110 valence electrons. The molecule has 0 saturated carbocycles. The van der Waals surface area contributed by atoms with E-state index >= 15 is 0 Å². The van der Waals surface area contributed by atoms with Gasteiger partial charge in [0.05, 0.1) is 24.3 Å². The molecule has 0 saturated heterocycles. The highest BCUT2D eigenvalue weighted by Crippen LogP contribution is 2.28. The number of non-ortho nitro benzene ring substituents is 1. The van der Waals surface area contributed by atoms with Gasteiger partial charge >= 0.3 is 0 Å².